The van der Waals surface area contributed by atoms with E-state index in [1.165, 1.54) is 44.5 Å². The van der Waals surface area contributed by atoms with Crippen molar-refractivity contribution < 1.29 is 36.6 Å². The van der Waals surface area contributed by atoms with Crippen LogP contribution >= 0.6 is 11.6 Å². The standard InChI is InChI=1S/C25H27ClF4N4O4/c1-14-19(11-23(35)37-3)34(32-24(14)25(28,29)30)15-4-6-16(7-5-15)38-21-8-9-33(13-18(21)27)20-10-22(36-2)31-12-17(20)26/h4-7,10,12,14,18-19,21H,8-9,11,13H2,1-3H3/t14-,18?,19-,21?/m0/s1. The molecule has 1 saturated heterocycles. The van der Waals surface area contributed by atoms with E-state index in [-0.39, 0.29) is 13.0 Å². The van der Waals surface area contributed by atoms with E-state index in [1.807, 2.05) is 0 Å². The average molecular weight is 559 g/mol. The molecule has 2 aliphatic rings. The normalized spacial score (nSPS) is 23.7. The quantitative estimate of drug-likeness (QED) is 0.348. The van der Waals surface area contributed by atoms with Crippen LogP contribution in [-0.2, 0) is 9.53 Å². The number of carbonyl (C=O) groups is 1. The number of nitrogens with zero attached hydrogens (tertiary/aromatic N) is 4. The summed E-state index contributed by atoms with van der Waals surface area (Å²) in [4.78, 5) is 17.7. The summed E-state index contributed by atoms with van der Waals surface area (Å²) in [5.74, 6) is -0.963. The van der Waals surface area contributed by atoms with Crippen molar-refractivity contribution in [3.8, 4) is 11.6 Å². The molecule has 2 aliphatic heterocycles. The van der Waals surface area contributed by atoms with Gasteiger partial charge in [0.05, 0.1) is 55.8 Å². The van der Waals surface area contributed by atoms with E-state index in [0.29, 0.717) is 41.0 Å². The van der Waals surface area contributed by atoms with Gasteiger partial charge in [0, 0.05) is 24.9 Å². The number of methoxy groups -OCH3 is 2. The van der Waals surface area contributed by atoms with Gasteiger partial charge in [-0.15, -0.1) is 0 Å². The molecule has 8 nitrogen and oxygen atoms in total. The summed E-state index contributed by atoms with van der Waals surface area (Å²) in [6, 6.07) is 6.92. The molecule has 4 atom stereocenters. The van der Waals surface area contributed by atoms with Crippen molar-refractivity contribution in [2.75, 3.05) is 37.2 Å². The van der Waals surface area contributed by atoms with Crippen LogP contribution in [0.1, 0.15) is 19.8 Å². The second kappa shape index (κ2) is 11.2. The predicted octanol–water partition coefficient (Wildman–Crippen LogP) is 5.05. The minimum Gasteiger partial charge on any atom is -0.487 e. The van der Waals surface area contributed by atoms with E-state index < -0.39 is 42.1 Å². The summed E-state index contributed by atoms with van der Waals surface area (Å²) >= 11 is 6.24. The molecule has 0 aliphatic carbocycles. The number of rotatable bonds is 7. The molecule has 0 N–H and O–H groups in total. The summed E-state index contributed by atoms with van der Waals surface area (Å²) in [6.45, 7) is 1.90. The molecule has 1 fully saturated rings. The fourth-order valence-electron chi connectivity index (χ4n) is 4.61. The topological polar surface area (TPSA) is 76.5 Å². The molecule has 3 heterocycles. The largest absolute Gasteiger partial charge is 0.487 e. The number of benzene rings is 1. The summed E-state index contributed by atoms with van der Waals surface area (Å²) in [6.07, 6.45) is -5.15. The lowest BCUT2D eigenvalue weighted by Gasteiger charge is -2.36. The first-order valence-electron chi connectivity index (χ1n) is 11.9. The molecule has 0 spiro atoms. The Morgan fingerprint density at radius 2 is 1.92 bits per heavy atom. The zero-order chi connectivity index (χ0) is 27.6. The van der Waals surface area contributed by atoms with Gasteiger partial charge in [0.1, 0.15) is 17.6 Å². The van der Waals surface area contributed by atoms with Gasteiger partial charge in [-0.3, -0.25) is 9.80 Å². The van der Waals surface area contributed by atoms with E-state index in [9.17, 15) is 18.0 Å². The molecule has 4 rings (SSSR count). The van der Waals surface area contributed by atoms with Crippen molar-refractivity contribution in [1.82, 2.24) is 4.98 Å². The number of piperidine rings is 1. The first kappa shape index (κ1) is 27.7. The minimum atomic E-state index is -4.64. The van der Waals surface area contributed by atoms with Crippen molar-refractivity contribution in [3.05, 3.63) is 41.6 Å². The zero-order valence-corrected chi connectivity index (χ0v) is 21.7. The van der Waals surface area contributed by atoms with Crippen LogP contribution in [0, 0.1) is 5.92 Å². The van der Waals surface area contributed by atoms with Gasteiger partial charge < -0.3 is 19.1 Å². The molecule has 206 valence electrons. The lowest BCUT2D eigenvalue weighted by molar-refractivity contribution is -0.141. The van der Waals surface area contributed by atoms with Crippen molar-refractivity contribution in [1.29, 1.82) is 0 Å². The number of hydrogen-bond acceptors (Lipinski definition) is 8. The monoisotopic (exact) mass is 558 g/mol. The van der Waals surface area contributed by atoms with Crippen molar-refractivity contribution in [3.63, 3.8) is 0 Å². The Balaban J connectivity index is 1.45. The van der Waals surface area contributed by atoms with Crippen LogP contribution < -0.4 is 19.4 Å². The molecule has 13 heteroatoms. The molecular weight excluding hydrogens is 532 g/mol. The molecule has 0 radical (unpaired) electrons. The maximum Gasteiger partial charge on any atom is 0.431 e. The van der Waals surface area contributed by atoms with Gasteiger partial charge in [0.2, 0.25) is 5.88 Å². The zero-order valence-electron chi connectivity index (χ0n) is 20.9. The third kappa shape index (κ3) is 5.90. The Morgan fingerprint density at radius 3 is 2.53 bits per heavy atom. The number of esters is 1. The number of ether oxygens (including phenoxy) is 3. The van der Waals surface area contributed by atoms with Crippen molar-refractivity contribution in [2.45, 2.75) is 44.3 Å². The van der Waals surface area contributed by atoms with Crippen molar-refractivity contribution >= 4 is 34.7 Å². The average Bonchev–Trinajstić information content (AvgIpc) is 3.22. The van der Waals surface area contributed by atoms with E-state index >= 15 is 4.39 Å². The number of hydrazone groups is 1. The highest BCUT2D eigenvalue weighted by Gasteiger charge is 2.49. The third-order valence-corrected chi connectivity index (χ3v) is 6.95. The second-order valence-electron chi connectivity index (χ2n) is 9.04. The Labute approximate surface area is 222 Å². The summed E-state index contributed by atoms with van der Waals surface area (Å²) in [7, 11) is 2.66. The lowest BCUT2D eigenvalue weighted by atomic mass is 9.94. The van der Waals surface area contributed by atoms with Gasteiger partial charge in [-0.25, -0.2) is 9.37 Å². The number of halogens is 5. The van der Waals surface area contributed by atoms with Gasteiger partial charge in [-0.05, 0) is 24.3 Å². The third-order valence-electron chi connectivity index (χ3n) is 6.66. The van der Waals surface area contributed by atoms with Gasteiger partial charge in [0.25, 0.3) is 0 Å². The predicted molar refractivity (Wildman–Crippen MR) is 134 cm³/mol. The molecule has 1 aromatic heterocycles. The van der Waals surface area contributed by atoms with Crippen LogP contribution in [0.25, 0.3) is 0 Å². The molecule has 38 heavy (non-hydrogen) atoms. The molecule has 0 bridgehead atoms. The summed E-state index contributed by atoms with van der Waals surface area (Å²) < 4.78 is 71.2. The molecule has 1 aromatic carbocycles. The van der Waals surface area contributed by atoms with Gasteiger partial charge in [-0.2, -0.15) is 18.3 Å². The Bertz CT molecular complexity index is 1180. The van der Waals surface area contributed by atoms with Crippen LogP contribution in [0.4, 0.5) is 28.9 Å². The van der Waals surface area contributed by atoms with E-state index in [2.05, 4.69) is 14.8 Å². The number of pyridine rings is 1. The summed E-state index contributed by atoms with van der Waals surface area (Å²) in [5.41, 5.74) is -0.0139. The van der Waals surface area contributed by atoms with Crippen LogP contribution in [-0.4, -0.2) is 68.5 Å². The molecule has 0 saturated carbocycles. The Kier molecular flexibility index (Phi) is 8.19. The van der Waals surface area contributed by atoms with Crippen LogP contribution in [0.15, 0.2) is 41.6 Å². The highest BCUT2D eigenvalue weighted by molar-refractivity contribution is 6.33. The Hall–Kier alpha value is -3.28. The highest BCUT2D eigenvalue weighted by atomic mass is 35.5. The van der Waals surface area contributed by atoms with Crippen LogP contribution in [0.3, 0.4) is 0 Å². The number of alkyl halides is 4. The Morgan fingerprint density at radius 1 is 1.21 bits per heavy atom. The second-order valence-corrected chi connectivity index (χ2v) is 9.45. The van der Waals surface area contributed by atoms with Gasteiger partial charge >= 0.3 is 12.1 Å². The van der Waals surface area contributed by atoms with Crippen LogP contribution in [0.2, 0.25) is 5.02 Å². The van der Waals surface area contributed by atoms with E-state index in [1.54, 1.807) is 23.1 Å². The fraction of sp³-hybridized carbons (Fsp3) is 0.480. The maximum atomic E-state index is 15.1. The summed E-state index contributed by atoms with van der Waals surface area (Å²) in [5, 5.41) is 5.34. The fourth-order valence-corrected chi connectivity index (χ4v) is 4.83. The van der Waals surface area contributed by atoms with Crippen molar-refractivity contribution in [2.24, 2.45) is 11.0 Å². The molecular formula is C25H27ClF4N4O4. The smallest absolute Gasteiger partial charge is 0.431 e. The molecule has 0 amide bonds. The number of aromatic nitrogens is 1. The highest BCUT2D eigenvalue weighted by Crippen LogP contribution is 2.37. The first-order chi connectivity index (χ1) is 18.0. The molecule has 2 unspecified atom stereocenters. The minimum absolute atomic E-state index is 0.0471. The maximum absolute atomic E-state index is 15.1. The van der Waals surface area contributed by atoms with E-state index in [4.69, 9.17) is 21.1 Å². The number of hydrogen-bond donors (Lipinski definition) is 0. The first-order valence-corrected chi connectivity index (χ1v) is 12.3. The SMILES string of the molecule is COC(=O)C[C@H]1[C@H](C)C(C(F)(F)F)=NN1c1ccc(OC2CCN(c3cc(OC)ncc3Cl)CC2F)cc1. The number of anilines is 2. The molecule has 2 aromatic rings. The van der Waals surface area contributed by atoms with E-state index in [0.717, 1.165) is 0 Å². The van der Waals surface area contributed by atoms with Gasteiger partial charge in [0.15, 0.2) is 6.17 Å². The van der Waals surface area contributed by atoms with Gasteiger partial charge in [-0.1, -0.05) is 18.5 Å². The van der Waals surface area contributed by atoms with Crippen LogP contribution in [0.5, 0.6) is 11.6 Å². The number of carbonyl (C=O) groups excluding carboxylic acids is 1. The lowest BCUT2D eigenvalue weighted by Crippen LogP contribution is -2.47.